The van der Waals surface area contributed by atoms with Crippen LogP contribution in [0.15, 0.2) is 78.9 Å². The molecule has 8 heteroatoms. The lowest BCUT2D eigenvalue weighted by molar-refractivity contribution is -0.130. The van der Waals surface area contributed by atoms with E-state index in [1.807, 2.05) is 54.6 Å². The quantitative estimate of drug-likeness (QED) is 0.206. The van der Waals surface area contributed by atoms with E-state index in [2.05, 4.69) is 17.9 Å². The maximum absolute atomic E-state index is 13.1. The van der Waals surface area contributed by atoms with Gasteiger partial charge in [0.15, 0.2) is 0 Å². The Morgan fingerprint density at radius 2 is 1.60 bits per heavy atom. The van der Waals surface area contributed by atoms with Crippen LogP contribution in [0.3, 0.4) is 0 Å². The van der Waals surface area contributed by atoms with Crippen molar-refractivity contribution < 1.29 is 19.1 Å². The number of ketones is 1. The molecule has 3 aromatic rings. The van der Waals surface area contributed by atoms with E-state index >= 15 is 0 Å². The first kappa shape index (κ1) is 28.1. The van der Waals surface area contributed by atoms with Gasteiger partial charge >= 0.3 is 5.97 Å². The fraction of sp³-hybridized carbons (Fsp3) is 0.222. The zero-order valence-corrected chi connectivity index (χ0v) is 21.1. The van der Waals surface area contributed by atoms with Gasteiger partial charge in [-0.2, -0.15) is 12.6 Å². The van der Waals surface area contributed by atoms with E-state index in [4.69, 9.17) is 10.5 Å². The number of esters is 1. The fourth-order valence-corrected chi connectivity index (χ4v) is 4.12. The molecular formula is C27H29ClN2O4S. The molecule has 1 amide bonds. The Balaban J connectivity index is 0.00000432. The highest BCUT2D eigenvalue weighted by Gasteiger charge is 2.32. The lowest BCUT2D eigenvalue weighted by atomic mass is 9.84. The van der Waals surface area contributed by atoms with Gasteiger partial charge in [0.25, 0.3) is 0 Å². The van der Waals surface area contributed by atoms with Crippen LogP contribution in [-0.2, 0) is 27.5 Å². The molecule has 0 aliphatic heterocycles. The standard InChI is InChI=1S/C27H28N2O4S.ClH/c1-18(30)25(24(17-34)21-6-3-2-4-7-21)26(31)29-23-9-5-8-22(14-23)27(32)33-16-20-12-10-19(15-28)11-13-20;/h2-14,24-25,34H,15-17,28H2,1H3,(H,29,31);1H. The van der Waals surface area contributed by atoms with E-state index in [0.29, 0.717) is 23.5 Å². The number of benzene rings is 3. The molecule has 0 heterocycles. The Morgan fingerprint density at radius 3 is 2.20 bits per heavy atom. The maximum Gasteiger partial charge on any atom is 0.338 e. The van der Waals surface area contributed by atoms with Crippen molar-refractivity contribution in [2.75, 3.05) is 11.1 Å². The summed E-state index contributed by atoms with van der Waals surface area (Å²) < 4.78 is 5.40. The average molecular weight is 513 g/mol. The first-order chi connectivity index (χ1) is 16.4. The summed E-state index contributed by atoms with van der Waals surface area (Å²) in [5.41, 5.74) is 9.01. The molecule has 0 saturated heterocycles. The summed E-state index contributed by atoms with van der Waals surface area (Å²) in [6.07, 6.45) is 0. The molecular weight excluding hydrogens is 484 g/mol. The summed E-state index contributed by atoms with van der Waals surface area (Å²) >= 11 is 4.39. The van der Waals surface area contributed by atoms with Crippen LogP contribution < -0.4 is 11.1 Å². The lowest BCUT2D eigenvalue weighted by Crippen LogP contribution is -2.34. The molecule has 2 unspecified atom stereocenters. The molecule has 35 heavy (non-hydrogen) atoms. The number of amides is 1. The highest BCUT2D eigenvalue weighted by atomic mass is 35.5. The van der Waals surface area contributed by atoms with Crippen LogP contribution in [0, 0.1) is 5.92 Å². The normalized spacial score (nSPS) is 12.1. The number of halogens is 1. The second-order valence-electron chi connectivity index (χ2n) is 7.95. The van der Waals surface area contributed by atoms with Crippen LogP contribution in [0.5, 0.6) is 0 Å². The Hall–Kier alpha value is -3.13. The van der Waals surface area contributed by atoms with E-state index in [1.54, 1.807) is 18.2 Å². The second-order valence-corrected chi connectivity index (χ2v) is 8.32. The molecule has 0 aromatic heterocycles. The minimum absolute atomic E-state index is 0. The van der Waals surface area contributed by atoms with Crippen molar-refractivity contribution in [2.24, 2.45) is 11.7 Å². The van der Waals surface area contributed by atoms with E-state index in [1.165, 1.54) is 13.0 Å². The number of Topliss-reactive ketones (excluding diaryl/α,β-unsaturated/α-hetero) is 1. The SMILES string of the molecule is CC(=O)C(C(=O)Nc1cccc(C(=O)OCc2ccc(CN)cc2)c1)C(CS)c1ccccc1.Cl. The number of carbonyl (C=O) groups excluding carboxylic acids is 3. The molecule has 0 aliphatic carbocycles. The third-order valence-corrected chi connectivity index (χ3v) is 5.94. The van der Waals surface area contributed by atoms with Crippen LogP contribution in [0.1, 0.15) is 39.9 Å². The monoisotopic (exact) mass is 512 g/mol. The van der Waals surface area contributed by atoms with Crippen molar-refractivity contribution in [1.82, 2.24) is 0 Å². The van der Waals surface area contributed by atoms with Gasteiger partial charge in [0, 0.05) is 18.2 Å². The van der Waals surface area contributed by atoms with Crippen molar-refractivity contribution in [1.29, 1.82) is 0 Å². The van der Waals surface area contributed by atoms with Gasteiger partial charge in [0.1, 0.15) is 18.3 Å². The second kappa shape index (κ2) is 13.7. The maximum atomic E-state index is 13.1. The number of carbonyl (C=O) groups is 3. The van der Waals surface area contributed by atoms with Crippen molar-refractivity contribution in [3.05, 3.63) is 101 Å². The topological polar surface area (TPSA) is 98.5 Å². The Bertz CT molecular complexity index is 1140. The summed E-state index contributed by atoms with van der Waals surface area (Å²) in [4.78, 5) is 38.0. The van der Waals surface area contributed by atoms with Crippen LogP contribution in [-0.4, -0.2) is 23.4 Å². The van der Waals surface area contributed by atoms with Gasteiger partial charge in [-0.25, -0.2) is 4.79 Å². The van der Waals surface area contributed by atoms with Crippen molar-refractivity contribution in [3.63, 3.8) is 0 Å². The summed E-state index contributed by atoms with van der Waals surface area (Å²) in [5.74, 6) is -2.16. The lowest BCUT2D eigenvalue weighted by Gasteiger charge is -2.23. The van der Waals surface area contributed by atoms with Crippen molar-refractivity contribution >= 4 is 48.4 Å². The number of ether oxygens (including phenoxy) is 1. The van der Waals surface area contributed by atoms with Gasteiger partial charge in [-0.3, -0.25) is 9.59 Å². The highest BCUT2D eigenvalue weighted by Crippen LogP contribution is 2.28. The van der Waals surface area contributed by atoms with Gasteiger partial charge in [-0.1, -0.05) is 60.7 Å². The average Bonchev–Trinajstić information content (AvgIpc) is 2.86. The summed E-state index contributed by atoms with van der Waals surface area (Å²) in [7, 11) is 0. The van der Waals surface area contributed by atoms with Crippen molar-refractivity contribution in [3.8, 4) is 0 Å². The number of rotatable bonds is 10. The summed E-state index contributed by atoms with van der Waals surface area (Å²) in [5, 5.41) is 2.78. The molecule has 0 spiro atoms. The Morgan fingerprint density at radius 1 is 0.943 bits per heavy atom. The number of anilines is 1. The smallest absolute Gasteiger partial charge is 0.338 e. The predicted octanol–water partition coefficient (Wildman–Crippen LogP) is 4.78. The molecule has 3 N–H and O–H groups in total. The number of nitrogens with two attached hydrogens (primary N) is 1. The van der Waals surface area contributed by atoms with E-state index < -0.39 is 17.8 Å². The molecule has 3 aromatic carbocycles. The van der Waals surface area contributed by atoms with E-state index in [-0.39, 0.29) is 30.7 Å². The number of hydrogen-bond donors (Lipinski definition) is 3. The largest absolute Gasteiger partial charge is 0.457 e. The third-order valence-electron chi connectivity index (χ3n) is 5.54. The van der Waals surface area contributed by atoms with Crippen LogP contribution >= 0.6 is 25.0 Å². The molecule has 3 rings (SSSR count). The van der Waals surface area contributed by atoms with Gasteiger partial charge in [-0.15, -0.1) is 12.4 Å². The minimum atomic E-state index is -0.910. The van der Waals surface area contributed by atoms with Gasteiger partial charge in [0.05, 0.1) is 5.56 Å². The predicted molar refractivity (Wildman–Crippen MR) is 143 cm³/mol. The number of nitrogens with one attached hydrogen (secondary N) is 1. The van der Waals surface area contributed by atoms with Crippen LogP contribution in [0.2, 0.25) is 0 Å². The van der Waals surface area contributed by atoms with Gasteiger partial charge in [-0.05, 0) is 47.6 Å². The molecule has 0 bridgehead atoms. The zero-order chi connectivity index (χ0) is 24.5. The molecule has 184 valence electrons. The molecule has 0 fully saturated rings. The molecule has 0 radical (unpaired) electrons. The highest BCUT2D eigenvalue weighted by molar-refractivity contribution is 7.80. The third kappa shape index (κ3) is 7.68. The Kier molecular flexibility index (Phi) is 11.0. The number of hydrogen-bond acceptors (Lipinski definition) is 6. The summed E-state index contributed by atoms with van der Waals surface area (Å²) in [6, 6.07) is 23.3. The minimum Gasteiger partial charge on any atom is -0.457 e. The van der Waals surface area contributed by atoms with Gasteiger partial charge in [0.2, 0.25) is 5.91 Å². The first-order valence-electron chi connectivity index (χ1n) is 10.9. The summed E-state index contributed by atoms with van der Waals surface area (Å²) in [6.45, 7) is 1.97. The van der Waals surface area contributed by atoms with Crippen LogP contribution in [0.25, 0.3) is 0 Å². The van der Waals surface area contributed by atoms with Crippen molar-refractivity contribution in [2.45, 2.75) is 26.0 Å². The molecule has 6 nitrogen and oxygen atoms in total. The Labute approximate surface area is 217 Å². The molecule has 0 aliphatic rings. The molecule has 2 atom stereocenters. The van der Waals surface area contributed by atoms with Crippen LogP contribution in [0.4, 0.5) is 5.69 Å². The van der Waals surface area contributed by atoms with Gasteiger partial charge < -0.3 is 15.8 Å². The molecule has 0 saturated carbocycles. The van der Waals surface area contributed by atoms with E-state index in [0.717, 1.165) is 16.7 Å². The van der Waals surface area contributed by atoms with E-state index in [9.17, 15) is 14.4 Å². The zero-order valence-electron chi connectivity index (χ0n) is 19.3. The first-order valence-corrected chi connectivity index (χ1v) is 11.6. The fourth-order valence-electron chi connectivity index (χ4n) is 3.70. The number of thiol groups is 1.